The number of halogens is 1. The first kappa shape index (κ1) is 17.8. The normalized spacial score (nSPS) is 18.0. The number of nitrogens with zero attached hydrogens (tertiary/aromatic N) is 2. The van der Waals surface area contributed by atoms with Crippen molar-refractivity contribution in [1.29, 1.82) is 0 Å². The molecule has 7 nitrogen and oxygen atoms in total. The first-order valence-corrected chi connectivity index (χ1v) is 9.49. The number of hydrogen-bond acceptors (Lipinski definition) is 5. The Morgan fingerprint density at radius 1 is 1.22 bits per heavy atom. The minimum Gasteiger partial charge on any atom is -0.456 e. The number of esters is 1. The van der Waals surface area contributed by atoms with E-state index < -0.39 is 17.4 Å². The van der Waals surface area contributed by atoms with E-state index in [2.05, 4.69) is 21.2 Å². The lowest BCUT2D eigenvalue weighted by atomic mass is 9.83. The summed E-state index contributed by atoms with van der Waals surface area (Å²) < 4.78 is 8.79. The lowest BCUT2D eigenvalue weighted by Crippen LogP contribution is -2.44. The number of nitrogens with one attached hydrogen (secondary N) is 1. The summed E-state index contributed by atoms with van der Waals surface area (Å²) in [6, 6.07) is 7.47. The molecular formula is C19H18BrN3O4. The smallest absolute Gasteiger partial charge is 0.337 e. The third kappa shape index (κ3) is 2.66. The van der Waals surface area contributed by atoms with Gasteiger partial charge < -0.3 is 10.1 Å². The van der Waals surface area contributed by atoms with Gasteiger partial charge in [0.2, 0.25) is 0 Å². The first-order valence-electron chi connectivity index (χ1n) is 8.70. The number of carbonyl (C=O) groups excluding carboxylic acids is 1. The molecule has 0 bridgehead atoms. The number of hydrogen-bond donors (Lipinski definition) is 1. The largest absolute Gasteiger partial charge is 0.456 e. The predicted molar refractivity (Wildman–Crippen MR) is 104 cm³/mol. The average Bonchev–Trinajstić information content (AvgIpc) is 3.03. The summed E-state index contributed by atoms with van der Waals surface area (Å²) in [6.07, 6.45) is 0.733. The number of fused-ring (bicyclic) bond motifs is 1. The summed E-state index contributed by atoms with van der Waals surface area (Å²) in [6.45, 7) is 2.54. The van der Waals surface area contributed by atoms with Gasteiger partial charge in [0.05, 0.1) is 22.8 Å². The zero-order valence-electron chi connectivity index (χ0n) is 14.9. The number of cyclic esters (lactones) is 1. The van der Waals surface area contributed by atoms with Crippen LogP contribution in [0, 0.1) is 0 Å². The van der Waals surface area contributed by atoms with Crippen LogP contribution in [0.25, 0.3) is 0 Å². The SMILES string of the molecule is CCCn1c2c(c(=O)n(C)c1=O)[C@@H](c1ccc(Br)cc1)C1=C(COC1=O)N2. The highest BCUT2D eigenvalue weighted by atomic mass is 79.9. The first-order chi connectivity index (χ1) is 12.9. The van der Waals surface area contributed by atoms with Gasteiger partial charge in [-0.15, -0.1) is 0 Å². The van der Waals surface area contributed by atoms with Gasteiger partial charge in [-0.3, -0.25) is 13.9 Å². The van der Waals surface area contributed by atoms with Crippen molar-refractivity contribution in [2.75, 3.05) is 11.9 Å². The molecule has 1 N–H and O–H groups in total. The second kappa shape index (κ2) is 6.53. The molecule has 1 aromatic carbocycles. The number of benzene rings is 1. The fourth-order valence-electron chi connectivity index (χ4n) is 3.70. The Bertz CT molecular complexity index is 1100. The maximum Gasteiger partial charge on any atom is 0.337 e. The minimum atomic E-state index is -0.582. The predicted octanol–water partition coefficient (Wildman–Crippen LogP) is 2.09. The molecule has 0 fully saturated rings. The quantitative estimate of drug-likeness (QED) is 0.752. The number of rotatable bonds is 3. The molecule has 0 radical (unpaired) electrons. The highest BCUT2D eigenvalue weighted by molar-refractivity contribution is 9.10. The second-order valence-electron chi connectivity index (χ2n) is 6.64. The summed E-state index contributed by atoms with van der Waals surface area (Å²) in [5.74, 6) is -0.567. The lowest BCUT2D eigenvalue weighted by molar-refractivity contribution is -0.136. The van der Waals surface area contributed by atoms with Crippen LogP contribution in [0.5, 0.6) is 0 Å². The van der Waals surface area contributed by atoms with Gasteiger partial charge >= 0.3 is 11.7 Å². The van der Waals surface area contributed by atoms with E-state index >= 15 is 0 Å². The fourth-order valence-corrected chi connectivity index (χ4v) is 3.97. The molecule has 1 atom stereocenters. The van der Waals surface area contributed by atoms with E-state index in [9.17, 15) is 14.4 Å². The molecule has 2 aliphatic heterocycles. The molecule has 0 amide bonds. The number of aromatic nitrogens is 2. The molecule has 0 aliphatic carbocycles. The Morgan fingerprint density at radius 3 is 2.59 bits per heavy atom. The molecule has 27 heavy (non-hydrogen) atoms. The molecule has 4 rings (SSSR count). The van der Waals surface area contributed by atoms with Gasteiger partial charge in [-0.05, 0) is 24.1 Å². The van der Waals surface area contributed by atoms with Gasteiger partial charge in [0.25, 0.3) is 5.56 Å². The average molecular weight is 432 g/mol. The van der Waals surface area contributed by atoms with Crippen molar-refractivity contribution < 1.29 is 9.53 Å². The van der Waals surface area contributed by atoms with Gasteiger partial charge in [0.15, 0.2) is 0 Å². The van der Waals surface area contributed by atoms with Gasteiger partial charge in [0.1, 0.15) is 12.4 Å². The standard InChI is InChI=1S/C19H18BrN3O4/c1-3-8-23-16-15(17(24)22(2)19(23)26)13(10-4-6-11(20)7-5-10)14-12(21-16)9-27-18(14)25/h4-7,13,21H,3,8-9H2,1-2H3/t13-/m0/s1. The van der Waals surface area contributed by atoms with Crippen LogP contribution in [0.1, 0.15) is 30.4 Å². The number of carbonyl (C=O) groups is 1. The molecule has 0 saturated carbocycles. The van der Waals surface area contributed by atoms with Crippen LogP contribution in [-0.2, 0) is 23.1 Å². The Morgan fingerprint density at radius 2 is 1.93 bits per heavy atom. The van der Waals surface area contributed by atoms with Crippen LogP contribution < -0.4 is 16.6 Å². The maximum absolute atomic E-state index is 13.1. The molecule has 0 spiro atoms. The van der Waals surface area contributed by atoms with Crippen LogP contribution in [0.4, 0.5) is 5.82 Å². The zero-order chi connectivity index (χ0) is 19.3. The van der Waals surface area contributed by atoms with Crippen LogP contribution >= 0.6 is 15.9 Å². The molecule has 0 unspecified atom stereocenters. The Labute approximate surface area is 163 Å². The van der Waals surface area contributed by atoms with E-state index in [1.807, 2.05) is 31.2 Å². The third-order valence-electron chi connectivity index (χ3n) is 4.97. The summed E-state index contributed by atoms with van der Waals surface area (Å²) in [5, 5.41) is 3.14. The van der Waals surface area contributed by atoms with Gasteiger partial charge in [-0.25, -0.2) is 9.59 Å². The van der Waals surface area contributed by atoms with Crippen molar-refractivity contribution in [3.8, 4) is 0 Å². The van der Waals surface area contributed by atoms with Crippen LogP contribution in [0.15, 0.2) is 49.6 Å². The van der Waals surface area contributed by atoms with Crippen molar-refractivity contribution in [2.24, 2.45) is 7.05 Å². The molecule has 1 aromatic heterocycles. The minimum absolute atomic E-state index is 0.107. The van der Waals surface area contributed by atoms with Gasteiger partial charge in [-0.1, -0.05) is 35.0 Å². The lowest BCUT2D eigenvalue weighted by Gasteiger charge is -2.29. The summed E-state index contributed by atoms with van der Waals surface area (Å²) in [7, 11) is 1.46. The monoisotopic (exact) mass is 431 g/mol. The molecule has 3 heterocycles. The van der Waals surface area contributed by atoms with E-state index in [0.29, 0.717) is 29.2 Å². The molecule has 2 aromatic rings. The van der Waals surface area contributed by atoms with E-state index in [4.69, 9.17) is 4.74 Å². The van der Waals surface area contributed by atoms with E-state index in [0.717, 1.165) is 21.0 Å². The molecular weight excluding hydrogens is 414 g/mol. The summed E-state index contributed by atoms with van der Waals surface area (Å²) >= 11 is 3.41. The number of anilines is 1. The summed E-state index contributed by atoms with van der Waals surface area (Å²) in [5.41, 5.74) is 1.45. The van der Waals surface area contributed by atoms with Crippen molar-refractivity contribution in [2.45, 2.75) is 25.8 Å². The zero-order valence-corrected chi connectivity index (χ0v) is 16.5. The van der Waals surface area contributed by atoms with Crippen LogP contribution in [-0.4, -0.2) is 21.7 Å². The molecule has 2 aliphatic rings. The Hall–Kier alpha value is -2.61. The van der Waals surface area contributed by atoms with Gasteiger partial charge in [-0.2, -0.15) is 0 Å². The fraction of sp³-hybridized carbons (Fsp3) is 0.316. The van der Waals surface area contributed by atoms with Gasteiger partial charge in [0, 0.05) is 18.1 Å². The highest BCUT2D eigenvalue weighted by Crippen LogP contribution is 2.42. The third-order valence-corrected chi connectivity index (χ3v) is 5.50. The van der Waals surface area contributed by atoms with Crippen LogP contribution in [0.2, 0.25) is 0 Å². The van der Waals surface area contributed by atoms with Crippen molar-refractivity contribution in [3.05, 3.63) is 72.0 Å². The topological polar surface area (TPSA) is 82.3 Å². The Kier molecular flexibility index (Phi) is 4.30. The second-order valence-corrected chi connectivity index (χ2v) is 7.55. The van der Waals surface area contributed by atoms with E-state index in [1.54, 1.807) is 4.57 Å². The summed E-state index contributed by atoms with van der Waals surface area (Å²) in [4.78, 5) is 38.2. The Balaban J connectivity index is 2.06. The van der Waals surface area contributed by atoms with Crippen LogP contribution in [0.3, 0.4) is 0 Å². The van der Waals surface area contributed by atoms with Crippen molar-refractivity contribution in [1.82, 2.24) is 9.13 Å². The molecule has 140 valence electrons. The maximum atomic E-state index is 13.1. The number of ether oxygens (including phenoxy) is 1. The highest BCUT2D eigenvalue weighted by Gasteiger charge is 2.41. The van der Waals surface area contributed by atoms with Crippen molar-refractivity contribution in [3.63, 3.8) is 0 Å². The molecule has 0 saturated heterocycles. The van der Waals surface area contributed by atoms with E-state index in [-0.39, 0.29) is 12.3 Å². The van der Waals surface area contributed by atoms with Crippen molar-refractivity contribution >= 4 is 27.7 Å². The van der Waals surface area contributed by atoms with E-state index in [1.165, 1.54) is 7.05 Å². The molecule has 8 heteroatoms.